The van der Waals surface area contributed by atoms with E-state index < -0.39 is 12.1 Å². The molecule has 0 saturated heterocycles. The molecule has 30 heavy (non-hydrogen) atoms. The number of nitrogens with one attached hydrogen (secondary N) is 1. The molecule has 0 aliphatic heterocycles. The minimum atomic E-state index is -0.854. The average molecular weight is 415 g/mol. The number of nitrogens with zero attached hydrogens (tertiary/aromatic N) is 1. The third-order valence-corrected chi connectivity index (χ3v) is 5.49. The van der Waals surface area contributed by atoms with Gasteiger partial charge in [0.15, 0.2) is 6.10 Å². The molecule has 0 unspecified atom stereocenters. The number of carbonyl (C=O) groups is 2. The quantitative estimate of drug-likeness (QED) is 0.538. The highest BCUT2D eigenvalue weighted by Crippen LogP contribution is 2.20. The van der Waals surface area contributed by atoms with Gasteiger partial charge in [0.05, 0.1) is 16.8 Å². The number of carbonyl (C=O) groups excluding carboxylic acids is 2. The molecule has 1 amide bonds. The Morgan fingerprint density at radius 3 is 2.60 bits per heavy atom. The molecule has 0 bridgehead atoms. The summed E-state index contributed by atoms with van der Waals surface area (Å²) in [5.74, 6) is 0.430. The highest BCUT2D eigenvalue weighted by Gasteiger charge is 2.22. The van der Waals surface area contributed by atoms with Gasteiger partial charge in [0.2, 0.25) is 0 Å². The lowest BCUT2D eigenvalue weighted by atomic mass is 10.1. The van der Waals surface area contributed by atoms with Gasteiger partial charge in [-0.25, -0.2) is 4.79 Å². The van der Waals surface area contributed by atoms with E-state index in [0.29, 0.717) is 23.7 Å². The van der Waals surface area contributed by atoms with Crippen LogP contribution in [-0.2, 0) is 16.1 Å². The first-order valence-corrected chi connectivity index (χ1v) is 10.6. The third-order valence-electron chi connectivity index (χ3n) is 5.49. The van der Waals surface area contributed by atoms with Crippen LogP contribution < -0.4 is 10.1 Å². The van der Waals surface area contributed by atoms with Crippen LogP contribution in [0.1, 0.15) is 72.8 Å². The Kier molecular flexibility index (Phi) is 7.49. The summed E-state index contributed by atoms with van der Waals surface area (Å²) in [4.78, 5) is 24.9. The summed E-state index contributed by atoms with van der Waals surface area (Å²) in [6.45, 7) is 5.57. The van der Waals surface area contributed by atoms with Crippen LogP contribution in [0.4, 0.5) is 0 Å². The van der Waals surface area contributed by atoms with Gasteiger partial charge >= 0.3 is 5.97 Å². The zero-order valence-electron chi connectivity index (χ0n) is 17.9. The number of hydrogen-bond donors (Lipinski definition) is 1. The molecule has 7 heteroatoms. The Balaban J connectivity index is 1.54. The van der Waals surface area contributed by atoms with Gasteiger partial charge < -0.3 is 19.3 Å². The van der Waals surface area contributed by atoms with Crippen LogP contribution in [0.5, 0.6) is 5.75 Å². The number of benzene rings is 1. The zero-order valence-corrected chi connectivity index (χ0v) is 17.9. The monoisotopic (exact) mass is 414 g/mol. The van der Waals surface area contributed by atoms with Crippen molar-refractivity contribution in [3.8, 4) is 5.75 Å². The molecule has 1 aromatic heterocycles. The van der Waals surface area contributed by atoms with Crippen LogP contribution >= 0.6 is 0 Å². The molecule has 1 fully saturated rings. The average Bonchev–Trinajstić information content (AvgIpc) is 2.91. The number of hydrogen-bond acceptors (Lipinski definition) is 6. The van der Waals surface area contributed by atoms with E-state index >= 15 is 0 Å². The Morgan fingerprint density at radius 1 is 1.20 bits per heavy atom. The smallest absolute Gasteiger partial charge is 0.339 e. The minimum absolute atomic E-state index is 0.169. The van der Waals surface area contributed by atoms with Gasteiger partial charge in [-0.1, -0.05) is 36.9 Å². The van der Waals surface area contributed by atoms with Crippen molar-refractivity contribution in [2.24, 2.45) is 0 Å². The van der Waals surface area contributed by atoms with Gasteiger partial charge in [0.25, 0.3) is 5.91 Å². The van der Waals surface area contributed by atoms with E-state index in [2.05, 4.69) is 10.5 Å². The number of aryl methyl sites for hydroxylation is 2. The zero-order chi connectivity index (χ0) is 21.5. The SMILES string of the molecule is Cc1noc(C)c1COc1cccc(C(=O)O[C@@H](C)C(=O)NC2CCCCCC2)c1. The highest BCUT2D eigenvalue weighted by molar-refractivity contribution is 5.92. The second kappa shape index (κ2) is 10.3. The molecule has 1 aliphatic rings. The molecule has 1 saturated carbocycles. The Labute approximate surface area is 177 Å². The first-order chi connectivity index (χ1) is 14.4. The first-order valence-electron chi connectivity index (χ1n) is 10.6. The number of rotatable bonds is 7. The fourth-order valence-electron chi connectivity index (χ4n) is 3.60. The fraction of sp³-hybridized carbons (Fsp3) is 0.522. The number of aromatic nitrogens is 1. The van der Waals surface area contributed by atoms with E-state index in [1.54, 1.807) is 31.2 Å². The number of ether oxygens (including phenoxy) is 2. The maximum Gasteiger partial charge on any atom is 0.339 e. The van der Waals surface area contributed by atoms with Crippen molar-refractivity contribution < 1.29 is 23.6 Å². The maximum absolute atomic E-state index is 12.5. The fourth-order valence-corrected chi connectivity index (χ4v) is 3.60. The van der Waals surface area contributed by atoms with Crippen LogP contribution in [0.25, 0.3) is 0 Å². The van der Waals surface area contributed by atoms with Crippen LogP contribution in [0.3, 0.4) is 0 Å². The van der Waals surface area contributed by atoms with E-state index in [4.69, 9.17) is 14.0 Å². The van der Waals surface area contributed by atoms with Crippen LogP contribution in [0, 0.1) is 13.8 Å². The summed E-state index contributed by atoms with van der Waals surface area (Å²) >= 11 is 0. The predicted molar refractivity (Wildman–Crippen MR) is 111 cm³/mol. The lowest BCUT2D eigenvalue weighted by molar-refractivity contribution is -0.129. The summed E-state index contributed by atoms with van der Waals surface area (Å²) in [5, 5.41) is 6.92. The van der Waals surface area contributed by atoms with Crippen LogP contribution in [0.2, 0.25) is 0 Å². The molecule has 7 nitrogen and oxygen atoms in total. The third kappa shape index (κ3) is 5.84. The largest absolute Gasteiger partial charge is 0.489 e. The van der Waals surface area contributed by atoms with Gasteiger partial charge in [0.1, 0.15) is 18.1 Å². The van der Waals surface area contributed by atoms with Crippen molar-refractivity contribution in [2.45, 2.75) is 78.0 Å². The Morgan fingerprint density at radius 2 is 1.93 bits per heavy atom. The van der Waals surface area contributed by atoms with Crippen molar-refractivity contribution in [1.82, 2.24) is 10.5 Å². The standard InChI is InChI=1S/C23H30N2O5/c1-15-21(16(2)30-25-15)14-28-20-12-8-9-18(13-20)23(27)29-17(3)22(26)24-19-10-6-4-5-7-11-19/h8-9,12-13,17,19H,4-7,10-11,14H2,1-3H3,(H,24,26)/t17-/m0/s1. The van der Waals surface area contributed by atoms with Crippen LogP contribution in [0.15, 0.2) is 28.8 Å². The predicted octanol–water partition coefficient (Wildman–Crippen LogP) is 4.25. The number of amides is 1. The van der Waals surface area contributed by atoms with Crippen molar-refractivity contribution in [1.29, 1.82) is 0 Å². The lowest BCUT2D eigenvalue weighted by Gasteiger charge is -2.19. The lowest BCUT2D eigenvalue weighted by Crippen LogP contribution is -2.41. The van der Waals surface area contributed by atoms with Crippen molar-refractivity contribution in [2.75, 3.05) is 0 Å². The molecule has 1 aromatic carbocycles. The summed E-state index contributed by atoms with van der Waals surface area (Å²) < 4.78 is 16.3. The first kappa shape index (κ1) is 21.9. The molecule has 3 rings (SSSR count). The molecule has 0 spiro atoms. The normalized spacial score (nSPS) is 15.8. The second-order valence-electron chi connectivity index (χ2n) is 7.86. The topological polar surface area (TPSA) is 90.7 Å². The molecule has 1 heterocycles. The van der Waals surface area contributed by atoms with Crippen molar-refractivity contribution in [3.63, 3.8) is 0 Å². The summed E-state index contributed by atoms with van der Waals surface area (Å²) in [7, 11) is 0. The Bertz CT molecular complexity index is 849. The van der Waals surface area contributed by atoms with E-state index in [1.807, 2.05) is 13.8 Å². The molecule has 1 N–H and O–H groups in total. The molecular weight excluding hydrogens is 384 g/mol. The molecule has 1 aliphatic carbocycles. The summed E-state index contributed by atoms with van der Waals surface area (Å²) in [6, 6.07) is 6.90. The van der Waals surface area contributed by atoms with E-state index in [-0.39, 0.29) is 11.9 Å². The Hall–Kier alpha value is -2.83. The molecule has 1 atom stereocenters. The van der Waals surface area contributed by atoms with Crippen molar-refractivity contribution >= 4 is 11.9 Å². The van der Waals surface area contributed by atoms with Gasteiger partial charge in [-0.15, -0.1) is 0 Å². The van der Waals surface area contributed by atoms with Gasteiger partial charge in [-0.05, 0) is 51.8 Å². The minimum Gasteiger partial charge on any atom is -0.489 e. The summed E-state index contributed by atoms with van der Waals surface area (Å²) in [6.07, 6.45) is 5.79. The maximum atomic E-state index is 12.5. The van der Waals surface area contributed by atoms with E-state index in [0.717, 1.165) is 36.9 Å². The molecule has 162 valence electrons. The van der Waals surface area contributed by atoms with Gasteiger partial charge in [0, 0.05) is 6.04 Å². The van der Waals surface area contributed by atoms with E-state index in [9.17, 15) is 9.59 Å². The van der Waals surface area contributed by atoms with Crippen LogP contribution in [-0.4, -0.2) is 29.2 Å². The van der Waals surface area contributed by atoms with Gasteiger partial charge in [-0.2, -0.15) is 0 Å². The van der Waals surface area contributed by atoms with E-state index in [1.165, 1.54) is 12.8 Å². The molecule has 2 aromatic rings. The molecule has 0 radical (unpaired) electrons. The molecular formula is C23H30N2O5. The van der Waals surface area contributed by atoms with Crippen molar-refractivity contribution in [3.05, 3.63) is 46.8 Å². The highest BCUT2D eigenvalue weighted by atomic mass is 16.5. The van der Waals surface area contributed by atoms with Gasteiger partial charge in [-0.3, -0.25) is 4.79 Å². The number of esters is 1. The summed E-state index contributed by atoms with van der Waals surface area (Å²) in [5.41, 5.74) is 1.99. The second-order valence-corrected chi connectivity index (χ2v) is 7.86.